The Hall–Kier alpha value is -3.14. The Bertz CT molecular complexity index is 959. The first-order valence-corrected chi connectivity index (χ1v) is 13.3. The monoisotopic (exact) mass is 552 g/mol. The second kappa shape index (κ2) is 16.0. The molecule has 0 radical (unpaired) electrons. The summed E-state index contributed by atoms with van der Waals surface area (Å²) in [6.07, 6.45) is 1.35. The summed E-state index contributed by atoms with van der Waals surface area (Å²) in [7, 11) is 0. The van der Waals surface area contributed by atoms with Crippen LogP contribution in [0, 0.1) is 11.3 Å². The van der Waals surface area contributed by atoms with Gasteiger partial charge in [0.1, 0.15) is 24.6 Å². The van der Waals surface area contributed by atoms with Crippen LogP contribution in [0.25, 0.3) is 0 Å². The van der Waals surface area contributed by atoms with Crippen LogP contribution in [0.2, 0.25) is 0 Å². The minimum Gasteiger partial charge on any atom is -0.460 e. The molecule has 10 nitrogen and oxygen atoms in total. The summed E-state index contributed by atoms with van der Waals surface area (Å²) >= 11 is 5.41. The molecule has 0 aliphatic heterocycles. The fraction of sp³-hybridized carbons (Fsp3) is 0.593. The quantitative estimate of drug-likeness (QED) is 0.159. The van der Waals surface area contributed by atoms with Gasteiger partial charge in [0.25, 0.3) is 0 Å². The SMILES string of the molecule is CC(C)[C@H](NC(=O)CCCCNC(=O)CCl)C(=O)N[C@@H](C)C(=O)Nc1ccc(COC(=O)C(C)(C)C)cc1. The number of unbranched alkanes of at least 4 members (excludes halogenated alkanes) is 1. The van der Waals surface area contributed by atoms with Gasteiger partial charge in [-0.05, 0) is 64.2 Å². The molecule has 0 saturated heterocycles. The molecular formula is C27H41ClN4O6. The van der Waals surface area contributed by atoms with Crippen molar-refractivity contribution in [2.24, 2.45) is 11.3 Å². The lowest BCUT2D eigenvalue weighted by atomic mass is 9.97. The van der Waals surface area contributed by atoms with Crippen LogP contribution in [-0.2, 0) is 35.3 Å². The van der Waals surface area contributed by atoms with E-state index in [0.29, 0.717) is 25.1 Å². The van der Waals surface area contributed by atoms with Gasteiger partial charge < -0.3 is 26.0 Å². The second-order valence-electron chi connectivity index (χ2n) is 10.5. The molecule has 1 rings (SSSR count). The highest BCUT2D eigenvalue weighted by atomic mass is 35.5. The van der Waals surface area contributed by atoms with Crippen molar-refractivity contribution < 1.29 is 28.7 Å². The van der Waals surface area contributed by atoms with Crippen molar-refractivity contribution in [2.45, 2.75) is 79.5 Å². The van der Waals surface area contributed by atoms with Crippen LogP contribution in [0.1, 0.15) is 66.4 Å². The molecule has 4 amide bonds. The Morgan fingerprint density at radius 3 is 2.08 bits per heavy atom. The van der Waals surface area contributed by atoms with Crippen LogP contribution in [-0.4, -0.2) is 54.1 Å². The maximum absolute atomic E-state index is 12.8. The second-order valence-corrected chi connectivity index (χ2v) is 10.7. The first-order valence-electron chi connectivity index (χ1n) is 12.7. The lowest BCUT2D eigenvalue weighted by molar-refractivity contribution is -0.154. The highest BCUT2D eigenvalue weighted by Gasteiger charge is 2.27. The molecule has 0 fully saturated rings. The van der Waals surface area contributed by atoms with E-state index >= 15 is 0 Å². The third-order valence-electron chi connectivity index (χ3n) is 5.50. The largest absolute Gasteiger partial charge is 0.460 e. The Morgan fingerprint density at radius 2 is 1.53 bits per heavy atom. The summed E-state index contributed by atoms with van der Waals surface area (Å²) in [5.74, 6) is -2.03. The van der Waals surface area contributed by atoms with Gasteiger partial charge in [0.05, 0.1) is 5.41 Å². The number of alkyl halides is 1. The minimum atomic E-state index is -0.849. The number of hydrogen-bond donors (Lipinski definition) is 4. The number of rotatable bonds is 14. The van der Waals surface area contributed by atoms with Crippen LogP contribution in [0.5, 0.6) is 0 Å². The van der Waals surface area contributed by atoms with Gasteiger partial charge in [-0.25, -0.2) is 0 Å². The third kappa shape index (κ3) is 12.4. The van der Waals surface area contributed by atoms with Crippen molar-refractivity contribution in [3.05, 3.63) is 29.8 Å². The summed E-state index contributed by atoms with van der Waals surface area (Å²) in [6, 6.07) is 5.20. The number of hydrogen-bond acceptors (Lipinski definition) is 6. The molecule has 1 aromatic carbocycles. The average Bonchev–Trinajstić information content (AvgIpc) is 2.85. The number of carbonyl (C=O) groups is 5. The topological polar surface area (TPSA) is 143 Å². The molecule has 38 heavy (non-hydrogen) atoms. The number of anilines is 1. The van der Waals surface area contributed by atoms with Crippen molar-refractivity contribution in [1.29, 1.82) is 0 Å². The number of esters is 1. The van der Waals surface area contributed by atoms with E-state index in [9.17, 15) is 24.0 Å². The van der Waals surface area contributed by atoms with E-state index in [0.717, 1.165) is 5.56 Å². The van der Waals surface area contributed by atoms with Gasteiger partial charge in [-0.3, -0.25) is 24.0 Å². The first-order chi connectivity index (χ1) is 17.7. The van der Waals surface area contributed by atoms with E-state index in [1.165, 1.54) is 0 Å². The minimum absolute atomic E-state index is 0.106. The predicted octanol–water partition coefficient (Wildman–Crippen LogP) is 2.89. The third-order valence-corrected chi connectivity index (χ3v) is 5.74. The smallest absolute Gasteiger partial charge is 0.311 e. The zero-order chi connectivity index (χ0) is 28.9. The molecule has 4 N–H and O–H groups in total. The summed E-state index contributed by atoms with van der Waals surface area (Å²) in [4.78, 5) is 60.8. The Balaban J connectivity index is 2.54. The zero-order valence-corrected chi connectivity index (χ0v) is 23.9. The van der Waals surface area contributed by atoms with Gasteiger partial charge in [0.2, 0.25) is 23.6 Å². The maximum Gasteiger partial charge on any atom is 0.311 e. The van der Waals surface area contributed by atoms with Crippen molar-refractivity contribution in [2.75, 3.05) is 17.7 Å². The van der Waals surface area contributed by atoms with Gasteiger partial charge in [0, 0.05) is 18.7 Å². The maximum atomic E-state index is 12.8. The number of nitrogens with one attached hydrogen (secondary N) is 4. The summed E-state index contributed by atoms with van der Waals surface area (Å²) in [5, 5.41) is 10.8. The molecule has 0 saturated carbocycles. The normalized spacial score (nSPS) is 12.7. The molecule has 0 bridgehead atoms. The van der Waals surface area contributed by atoms with Crippen LogP contribution < -0.4 is 21.3 Å². The van der Waals surface area contributed by atoms with Crippen molar-refractivity contribution in [3.63, 3.8) is 0 Å². The molecule has 11 heteroatoms. The molecule has 212 valence electrons. The molecule has 0 aromatic heterocycles. The Morgan fingerprint density at radius 1 is 0.895 bits per heavy atom. The van der Waals surface area contributed by atoms with E-state index < -0.39 is 29.3 Å². The van der Waals surface area contributed by atoms with Crippen molar-refractivity contribution in [1.82, 2.24) is 16.0 Å². The number of halogens is 1. The highest BCUT2D eigenvalue weighted by Crippen LogP contribution is 2.17. The first kappa shape index (κ1) is 32.9. The van der Waals surface area contributed by atoms with E-state index in [-0.39, 0.29) is 42.6 Å². The summed E-state index contributed by atoms with van der Waals surface area (Å²) in [6.45, 7) is 11.1. The fourth-order valence-corrected chi connectivity index (χ4v) is 3.23. The molecule has 1 aromatic rings. The fourth-order valence-electron chi connectivity index (χ4n) is 3.14. The van der Waals surface area contributed by atoms with Crippen LogP contribution >= 0.6 is 11.6 Å². The molecule has 0 aliphatic carbocycles. The molecular weight excluding hydrogens is 512 g/mol. The predicted molar refractivity (Wildman–Crippen MR) is 146 cm³/mol. The summed E-state index contributed by atoms with van der Waals surface area (Å²) < 4.78 is 5.29. The molecule has 0 aliphatic rings. The molecule has 0 spiro atoms. The molecule has 0 unspecified atom stereocenters. The van der Waals surface area contributed by atoms with Crippen molar-refractivity contribution >= 4 is 46.9 Å². The number of amides is 4. The molecule has 0 heterocycles. The van der Waals surface area contributed by atoms with Gasteiger partial charge in [-0.15, -0.1) is 11.6 Å². The van der Waals surface area contributed by atoms with Crippen molar-refractivity contribution in [3.8, 4) is 0 Å². The number of carbonyl (C=O) groups excluding carboxylic acids is 5. The van der Waals surface area contributed by atoms with E-state index in [2.05, 4.69) is 21.3 Å². The number of ether oxygens (including phenoxy) is 1. The number of benzene rings is 1. The Labute approximate surface area is 230 Å². The van der Waals surface area contributed by atoms with Gasteiger partial charge >= 0.3 is 5.97 Å². The van der Waals surface area contributed by atoms with E-state index in [1.54, 1.807) is 65.8 Å². The average molecular weight is 553 g/mol. The van der Waals surface area contributed by atoms with Crippen LogP contribution in [0.4, 0.5) is 5.69 Å². The van der Waals surface area contributed by atoms with Crippen LogP contribution in [0.3, 0.4) is 0 Å². The van der Waals surface area contributed by atoms with E-state index in [1.807, 2.05) is 0 Å². The standard InChI is InChI=1S/C27H41ClN4O6/c1-17(2)23(32-21(33)9-7-8-14-29-22(34)15-28)25(36)30-18(3)24(35)31-20-12-10-19(11-13-20)16-38-26(37)27(4,5)6/h10-13,17-18,23H,7-9,14-16H2,1-6H3,(H,29,34)(H,30,36)(H,31,35)(H,32,33)/t18-,23-/m0/s1. The lowest BCUT2D eigenvalue weighted by Gasteiger charge is -2.24. The Kier molecular flexibility index (Phi) is 13.8. The molecule has 2 atom stereocenters. The van der Waals surface area contributed by atoms with E-state index in [4.69, 9.17) is 16.3 Å². The van der Waals surface area contributed by atoms with Crippen LogP contribution in [0.15, 0.2) is 24.3 Å². The van der Waals surface area contributed by atoms with Gasteiger partial charge in [-0.2, -0.15) is 0 Å². The van der Waals surface area contributed by atoms with Gasteiger partial charge in [0.15, 0.2) is 0 Å². The summed E-state index contributed by atoms with van der Waals surface area (Å²) in [5.41, 5.74) is 0.714. The zero-order valence-electron chi connectivity index (χ0n) is 23.1. The lowest BCUT2D eigenvalue weighted by Crippen LogP contribution is -2.53. The highest BCUT2D eigenvalue weighted by molar-refractivity contribution is 6.27. The van der Waals surface area contributed by atoms with Gasteiger partial charge in [-0.1, -0.05) is 26.0 Å².